The van der Waals surface area contributed by atoms with Crippen LogP contribution in [-0.4, -0.2) is 38.4 Å². The minimum absolute atomic E-state index is 0.0669. The van der Waals surface area contributed by atoms with Crippen LogP contribution in [0.2, 0.25) is 0 Å². The first-order valence-corrected chi connectivity index (χ1v) is 8.73. The number of primary sulfonamides is 1. The Morgan fingerprint density at radius 3 is 2.74 bits per heavy atom. The number of hydrogen-bond acceptors (Lipinski definition) is 3. The summed E-state index contributed by atoms with van der Waals surface area (Å²) in [6.45, 7) is 1.93. The molecule has 0 spiro atoms. The molecule has 1 aromatic rings. The van der Waals surface area contributed by atoms with Gasteiger partial charge in [0.05, 0.1) is 17.0 Å². The maximum absolute atomic E-state index is 12.9. The van der Waals surface area contributed by atoms with Gasteiger partial charge in [-0.15, -0.1) is 0 Å². The summed E-state index contributed by atoms with van der Waals surface area (Å²) in [4.78, 5) is 13.2. The van der Waals surface area contributed by atoms with Gasteiger partial charge in [0, 0.05) is 6.54 Å². The molecule has 6 nitrogen and oxygen atoms in total. The van der Waals surface area contributed by atoms with E-state index in [0.717, 1.165) is 4.90 Å². The molecule has 1 aliphatic heterocycles. The van der Waals surface area contributed by atoms with Crippen molar-refractivity contribution in [1.82, 2.24) is 10.2 Å². The number of amides is 2. The van der Waals surface area contributed by atoms with Crippen molar-refractivity contribution in [2.75, 3.05) is 6.54 Å². The Kier molecular flexibility index (Phi) is 5.20. The zero-order chi connectivity index (χ0) is 17.2. The van der Waals surface area contributed by atoms with Gasteiger partial charge in [-0.3, -0.25) is 0 Å². The first-order valence-electron chi connectivity index (χ1n) is 7.18. The van der Waals surface area contributed by atoms with Gasteiger partial charge >= 0.3 is 6.03 Å². The summed E-state index contributed by atoms with van der Waals surface area (Å²) in [5.41, 5.74) is 0.526. The zero-order valence-corrected chi connectivity index (χ0v) is 13.4. The molecule has 1 saturated heterocycles. The molecule has 23 heavy (non-hydrogen) atoms. The molecular formula is C14H19F2N3O3S. The second-order valence-corrected chi connectivity index (χ2v) is 7.09. The molecule has 0 bridgehead atoms. The van der Waals surface area contributed by atoms with Crippen LogP contribution in [0.25, 0.3) is 0 Å². The first kappa shape index (κ1) is 17.6. The molecular weight excluding hydrogens is 328 g/mol. The number of sulfonamides is 1. The Morgan fingerprint density at radius 2 is 2.13 bits per heavy atom. The van der Waals surface area contributed by atoms with Gasteiger partial charge in [-0.05, 0) is 37.5 Å². The third-order valence-corrected chi connectivity index (χ3v) is 4.79. The number of urea groups is 1. The summed E-state index contributed by atoms with van der Waals surface area (Å²) < 4.78 is 48.5. The number of carbonyl (C=O) groups is 1. The van der Waals surface area contributed by atoms with Gasteiger partial charge in [0.15, 0.2) is 0 Å². The standard InChI is InChI=1S/C14H19F2N3O3S/c1-9(10-4-2-5-11(8-10)23(17,21)22)18-14(20)19-7-3-6-12(19)13(15)16/h2,4-5,8-9,12-13H,3,6-7H2,1H3,(H,18,20)(H2,17,21,22)/t9?,12-/m0/s1. The molecule has 1 fully saturated rings. The largest absolute Gasteiger partial charge is 0.331 e. The van der Waals surface area contributed by atoms with E-state index in [4.69, 9.17) is 5.14 Å². The van der Waals surface area contributed by atoms with Crippen molar-refractivity contribution in [3.05, 3.63) is 29.8 Å². The third kappa shape index (κ3) is 4.17. The van der Waals surface area contributed by atoms with Crippen molar-refractivity contribution in [1.29, 1.82) is 0 Å². The summed E-state index contributed by atoms with van der Waals surface area (Å²) >= 11 is 0. The van der Waals surface area contributed by atoms with Crippen molar-refractivity contribution in [3.63, 3.8) is 0 Å². The lowest BCUT2D eigenvalue weighted by molar-refractivity contribution is 0.0601. The Balaban J connectivity index is 2.10. The molecule has 0 aliphatic carbocycles. The first-order chi connectivity index (χ1) is 10.7. The number of nitrogens with zero attached hydrogens (tertiary/aromatic N) is 1. The highest BCUT2D eigenvalue weighted by Gasteiger charge is 2.35. The van der Waals surface area contributed by atoms with E-state index in [1.165, 1.54) is 18.2 Å². The van der Waals surface area contributed by atoms with Gasteiger partial charge in [-0.1, -0.05) is 12.1 Å². The Hall–Kier alpha value is -1.74. The number of nitrogens with two attached hydrogens (primary N) is 1. The normalized spacial score (nSPS) is 19.9. The lowest BCUT2D eigenvalue weighted by atomic mass is 10.1. The van der Waals surface area contributed by atoms with Crippen LogP contribution in [0.1, 0.15) is 31.4 Å². The molecule has 0 aromatic heterocycles. The number of carbonyl (C=O) groups excluding carboxylic acids is 1. The number of nitrogens with one attached hydrogen (secondary N) is 1. The fourth-order valence-electron chi connectivity index (χ4n) is 2.62. The van der Waals surface area contributed by atoms with Crippen molar-refractivity contribution < 1.29 is 22.0 Å². The molecule has 2 atom stereocenters. The van der Waals surface area contributed by atoms with Gasteiger partial charge in [0.1, 0.15) is 0 Å². The van der Waals surface area contributed by atoms with Crippen LogP contribution in [0.5, 0.6) is 0 Å². The average Bonchev–Trinajstić information content (AvgIpc) is 2.96. The molecule has 1 unspecified atom stereocenters. The van der Waals surface area contributed by atoms with E-state index in [2.05, 4.69) is 5.32 Å². The summed E-state index contributed by atoms with van der Waals surface area (Å²) in [5.74, 6) is 0. The summed E-state index contributed by atoms with van der Waals surface area (Å²) in [6.07, 6.45) is -1.76. The number of likely N-dealkylation sites (tertiary alicyclic amines) is 1. The zero-order valence-electron chi connectivity index (χ0n) is 12.6. The van der Waals surface area contributed by atoms with Crippen LogP contribution in [-0.2, 0) is 10.0 Å². The van der Waals surface area contributed by atoms with E-state index >= 15 is 0 Å². The van der Waals surface area contributed by atoms with Gasteiger partial charge in [-0.25, -0.2) is 27.1 Å². The summed E-state index contributed by atoms with van der Waals surface area (Å²) in [5, 5.41) is 7.69. The highest BCUT2D eigenvalue weighted by molar-refractivity contribution is 7.89. The van der Waals surface area contributed by atoms with E-state index in [1.54, 1.807) is 13.0 Å². The van der Waals surface area contributed by atoms with Gasteiger partial charge in [0.25, 0.3) is 6.43 Å². The lowest BCUT2D eigenvalue weighted by Gasteiger charge is -2.26. The fraction of sp³-hybridized carbons (Fsp3) is 0.500. The van der Waals surface area contributed by atoms with E-state index in [0.29, 0.717) is 12.0 Å². The Morgan fingerprint density at radius 1 is 1.43 bits per heavy atom. The summed E-state index contributed by atoms with van der Waals surface area (Å²) in [7, 11) is -3.85. The maximum Gasteiger partial charge on any atom is 0.318 e. The van der Waals surface area contributed by atoms with Crippen LogP contribution in [0.4, 0.5) is 13.6 Å². The molecule has 0 radical (unpaired) electrons. The molecule has 128 valence electrons. The van der Waals surface area contributed by atoms with Crippen LogP contribution >= 0.6 is 0 Å². The topological polar surface area (TPSA) is 92.5 Å². The second kappa shape index (κ2) is 6.79. The van der Waals surface area contributed by atoms with Crippen molar-refractivity contribution in [2.24, 2.45) is 5.14 Å². The quantitative estimate of drug-likeness (QED) is 0.870. The highest BCUT2D eigenvalue weighted by Crippen LogP contribution is 2.24. The van der Waals surface area contributed by atoms with E-state index < -0.39 is 34.6 Å². The Labute approximate surface area is 133 Å². The van der Waals surface area contributed by atoms with Crippen LogP contribution < -0.4 is 10.5 Å². The second-order valence-electron chi connectivity index (χ2n) is 5.53. The van der Waals surface area contributed by atoms with Crippen LogP contribution in [0, 0.1) is 0 Å². The molecule has 1 aliphatic rings. The fourth-order valence-corrected chi connectivity index (χ4v) is 3.19. The van der Waals surface area contributed by atoms with Crippen LogP contribution in [0.3, 0.4) is 0 Å². The van der Waals surface area contributed by atoms with Crippen molar-refractivity contribution in [3.8, 4) is 0 Å². The molecule has 9 heteroatoms. The number of alkyl halides is 2. The predicted octanol–water partition coefficient (Wildman–Crippen LogP) is 1.83. The minimum atomic E-state index is -3.85. The molecule has 2 amide bonds. The van der Waals surface area contributed by atoms with E-state index in [9.17, 15) is 22.0 Å². The molecule has 1 aromatic carbocycles. The molecule has 1 heterocycles. The van der Waals surface area contributed by atoms with Crippen molar-refractivity contribution >= 4 is 16.1 Å². The number of benzene rings is 1. The number of halogens is 2. The van der Waals surface area contributed by atoms with E-state index in [1.807, 2.05) is 0 Å². The molecule has 2 rings (SSSR count). The maximum atomic E-state index is 12.9. The van der Waals surface area contributed by atoms with E-state index in [-0.39, 0.29) is 17.9 Å². The third-order valence-electron chi connectivity index (χ3n) is 3.88. The number of hydrogen-bond donors (Lipinski definition) is 2. The SMILES string of the molecule is CC(NC(=O)N1CCC[C@H]1C(F)F)c1cccc(S(N)(=O)=O)c1. The minimum Gasteiger partial charge on any atom is -0.331 e. The number of rotatable bonds is 4. The smallest absolute Gasteiger partial charge is 0.318 e. The average molecular weight is 347 g/mol. The molecule has 3 N–H and O–H groups in total. The van der Waals surface area contributed by atoms with Crippen LogP contribution in [0.15, 0.2) is 29.2 Å². The van der Waals surface area contributed by atoms with Crippen molar-refractivity contribution in [2.45, 2.75) is 43.2 Å². The monoisotopic (exact) mass is 347 g/mol. The van der Waals surface area contributed by atoms with Gasteiger partial charge < -0.3 is 10.2 Å². The highest BCUT2D eigenvalue weighted by atomic mass is 32.2. The van der Waals surface area contributed by atoms with Gasteiger partial charge in [-0.2, -0.15) is 0 Å². The summed E-state index contributed by atoms with van der Waals surface area (Å²) in [6, 6.07) is 3.65. The predicted molar refractivity (Wildman–Crippen MR) is 80.5 cm³/mol. The molecule has 0 saturated carbocycles. The Bertz CT molecular complexity index is 682. The lowest BCUT2D eigenvalue weighted by Crippen LogP contribution is -2.46. The van der Waals surface area contributed by atoms with Gasteiger partial charge in [0.2, 0.25) is 10.0 Å².